The van der Waals surface area contributed by atoms with Crippen LogP contribution in [0.2, 0.25) is 0 Å². The van der Waals surface area contributed by atoms with Crippen molar-refractivity contribution in [2.45, 2.75) is 46.5 Å². The van der Waals surface area contributed by atoms with Gasteiger partial charge in [-0.05, 0) is 57.1 Å². The molecular formula is C20H31N3. The molecule has 1 aromatic carbocycles. The molecule has 0 aliphatic heterocycles. The molecule has 0 unspecified atom stereocenters. The summed E-state index contributed by atoms with van der Waals surface area (Å²) in [5, 5.41) is 4.81. The van der Waals surface area contributed by atoms with E-state index >= 15 is 0 Å². The molecule has 0 amide bonds. The molecule has 0 saturated carbocycles. The first kappa shape index (κ1) is 17.7. The molecule has 0 atom stereocenters. The van der Waals surface area contributed by atoms with E-state index in [2.05, 4.69) is 54.2 Å². The lowest BCUT2D eigenvalue weighted by Crippen LogP contribution is -2.23. The molecule has 0 aliphatic rings. The van der Waals surface area contributed by atoms with Crippen molar-refractivity contribution in [1.29, 1.82) is 0 Å². The molecule has 1 heterocycles. The van der Waals surface area contributed by atoms with Gasteiger partial charge in [0.05, 0.1) is 11.2 Å². The Balaban J connectivity index is 1.72. The van der Waals surface area contributed by atoms with Gasteiger partial charge in [0.15, 0.2) is 0 Å². The number of hydrogen-bond donors (Lipinski definition) is 1. The predicted octanol–water partition coefficient (Wildman–Crippen LogP) is 4.86. The minimum Gasteiger partial charge on any atom is -0.383 e. The number of benzene rings is 1. The number of nitrogens with one attached hydrogen (secondary N) is 1. The topological polar surface area (TPSA) is 28.2 Å². The van der Waals surface area contributed by atoms with E-state index < -0.39 is 0 Å². The van der Waals surface area contributed by atoms with Crippen molar-refractivity contribution in [3.63, 3.8) is 0 Å². The number of fused-ring (bicyclic) bond motifs is 1. The second-order valence-electron chi connectivity index (χ2n) is 6.20. The van der Waals surface area contributed by atoms with E-state index in [1.165, 1.54) is 56.3 Å². The van der Waals surface area contributed by atoms with Gasteiger partial charge in [-0.3, -0.25) is 4.98 Å². The second kappa shape index (κ2) is 9.51. The minimum absolute atomic E-state index is 1.03. The van der Waals surface area contributed by atoms with E-state index in [0.717, 1.165) is 17.7 Å². The quantitative estimate of drug-likeness (QED) is 0.635. The Kier molecular flexibility index (Phi) is 7.34. The van der Waals surface area contributed by atoms with Gasteiger partial charge in [-0.15, -0.1) is 0 Å². The summed E-state index contributed by atoms with van der Waals surface area (Å²) in [6, 6.07) is 8.49. The van der Waals surface area contributed by atoms with Gasteiger partial charge in [0.25, 0.3) is 0 Å². The van der Waals surface area contributed by atoms with Crippen LogP contribution in [-0.2, 0) is 0 Å². The van der Waals surface area contributed by atoms with Crippen molar-refractivity contribution in [1.82, 2.24) is 9.88 Å². The lowest BCUT2D eigenvalue weighted by atomic mass is 10.1. The molecule has 126 valence electrons. The average Bonchev–Trinajstić information content (AvgIpc) is 2.59. The van der Waals surface area contributed by atoms with Gasteiger partial charge in [-0.25, -0.2) is 0 Å². The van der Waals surface area contributed by atoms with Crippen molar-refractivity contribution in [2.24, 2.45) is 0 Å². The minimum atomic E-state index is 1.03. The second-order valence-corrected chi connectivity index (χ2v) is 6.20. The molecule has 0 saturated heterocycles. The summed E-state index contributed by atoms with van der Waals surface area (Å²) in [6.45, 7) is 11.2. The summed E-state index contributed by atoms with van der Waals surface area (Å²) < 4.78 is 0. The third-order valence-corrected chi connectivity index (χ3v) is 4.60. The van der Waals surface area contributed by atoms with Gasteiger partial charge < -0.3 is 10.2 Å². The SMILES string of the molecule is CCN(CC)CCCCCCNc1ccc(C)c2cccnc12. The van der Waals surface area contributed by atoms with E-state index in [1.807, 2.05) is 12.3 Å². The predicted molar refractivity (Wildman–Crippen MR) is 101 cm³/mol. The molecule has 0 spiro atoms. The first-order valence-electron chi connectivity index (χ1n) is 9.06. The zero-order valence-electron chi connectivity index (χ0n) is 14.9. The van der Waals surface area contributed by atoms with Gasteiger partial charge in [-0.2, -0.15) is 0 Å². The van der Waals surface area contributed by atoms with Gasteiger partial charge in [0, 0.05) is 18.1 Å². The maximum Gasteiger partial charge on any atom is 0.0935 e. The van der Waals surface area contributed by atoms with Gasteiger partial charge in [0.2, 0.25) is 0 Å². The molecule has 1 N–H and O–H groups in total. The number of pyridine rings is 1. The highest BCUT2D eigenvalue weighted by atomic mass is 15.1. The number of aromatic nitrogens is 1. The normalized spacial score (nSPS) is 11.3. The summed E-state index contributed by atoms with van der Waals surface area (Å²) in [6.07, 6.45) is 7.04. The highest BCUT2D eigenvalue weighted by Crippen LogP contribution is 2.24. The van der Waals surface area contributed by atoms with Crippen molar-refractivity contribution in [2.75, 3.05) is 31.5 Å². The van der Waals surface area contributed by atoms with Crippen LogP contribution in [0.25, 0.3) is 10.9 Å². The zero-order valence-corrected chi connectivity index (χ0v) is 14.9. The third-order valence-electron chi connectivity index (χ3n) is 4.60. The summed E-state index contributed by atoms with van der Waals surface area (Å²) >= 11 is 0. The molecule has 23 heavy (non-hydrogen) atoms. The first-order chi connectivity index (χ1) is 11.3. The van der Waals surface area contributed by atoms with Gasteiger partial charge >= 0.3 is 0 Å². The van der Waals surface area contributed by atoms with Crippen LogP contribution in [0.15, 0.2) is 30.5 Å². The maximum atomic E-state index is 4.54. The summed E-state index contributed by atoms with van der Waals surface area (Å²) in [4.78, 5) is 7.04. The number of rotatable bonds is 10. The standard InChI is InChI=1S/C20H31N3/c1-4-23(5-2)16-9-7-6-8-14-21-19-13-12-17(3)18-11-10-15-22-20(18)19/h10-13,15,21H,4-9,14,16H2,1-3H3. The van der Waals surface area contributed by atoms with E-state index in [-0.39, 0.29) is 0 Å². The molecule has 0 fully saturated rings. The van der Waals surface area contributed by atoms with Crippen molar-refractivity contribution >= 4 is 16.6 Å². The molecule has 3 nitrogen and oxygen atoms in total. The smallest absolute Gasteiger partial charge is 0.0935 e. The molecule has 2 aromatic rings. The average molecular weight is 313 g/mol. The Morgan fingerprint density at radius 1 is 1.00 bits per heavy atom. The Morgan fingerprint density at radius 3 is 2.57 bits per heavy atom. The summed E-state index contributed by atoms with van der Waals surface area (Å²) in [5.74, 6) is 0. The Bertz CT molecular complexity index is 590. The lowest BCUT2D eigenvalue weighted by Gasteiger charge is -2.17. The molecule has 2 rings (SSSR count). The highest BCUT2D eigenvalue weighted by molar-refractivity contribution is 5.92. The molecule has 1 aromatic heterocycles. The monoisotopic (exact) mass is 313 g/mol. The van der Waals surface area contributed by atoms with Crippen LogP contribution in [0.4, 0.5) is 5.69 Å². The largest absolute Gasteiger partial charge is 0.383 e. The highest BCUT2D eigenvalue weighted by Gasteiger charge is 2.04. The number of nitrogens with zero attached hydrogens (tertiary/aromatic N) is 2. The van der Waals surface area contributed by atoms with Gasteiger partial charge in [-0.1, -0.05) is 38.8 Å². The van der Waals surface area contributed by atoms with Gasteiger partial charge in [0.1, 0.15) is 0 Å². The fourth-order valence-corrected chi connectivity index (χ4v) is 3.03. The summed E-state index contributed by atoms with van der Waals surface area (Å²) in [7, 11) is 0. The Labute approximate surface area is 141 Å². The van der Waals surface area contributed by atoms with E-state index in [0.29, 0.717) is 0 Å². The molecule has 0 bridgehead atoms. The van der Waals surface area contributed by atoms with Crippen LogP contribution in [-0.4, -0.2) is 36.1 Å². The van der Waals surface area contributed by atoms with Crippen LogP contribution < -0.4 is 5.32 Å². The number of hydrogen-bond acceptors (Lipinski definition) is 3. The van der Waals surface area contributed by atoms with E-state index in [1.54, 1.807) is 0 Å². The van der Waals surface area contributed by atoms with Crippen molar-refractivity contribution < 1.29 is 0 Å². The first-order valence-corrected chi connectivity index (χ1v) is 9.06. The fourth-order valence-electron chi connectivity index (χ4n) is 3.03. The fraction of sp³-hybridized carbons (Fsp3) is 0.550. The van der Waals surface area contributed by atoms with Crippen molar-refractivity contribution in [3.05, 3.63) is 36.0 Å². The van der Waals surface area contributed by atoms with E-state index in [9.17, 15) is 0 Å². The number of anilines is 1. The number of aryl methyl sites for hydroxylation is 1. The Morgan fingerprint density at radius 2 is 1.78 bits per heavy atom. The van der Waals surface area contributed by atoms with E-state index in [4.69, 9.17) is 0 Å². The van der Waals surface area contributed by atoms with Crippen LogP contribution in [0.1, 0.15) is 45.1 Å². The molecular weight excluding hydrogens is 282 g/mol. The van der Waals surface area contributed by atoms with Crippen LogP contribution >= 0.6 is 0 Å². The third kappa shape index (κ3) is 5.21. The Hall–Kier alpha value is -1.61. The van der Waals surface area contributed by atoms with Crippen LogP contribution in [0.3, 0.4) is 0 Å². The molecule has 3 heteroatoms. The molecule has 0 radical (unpaired) electrons. The molecule has 0 aliphatic carbocycles. The van der Waals surface area contributed by atoms with Crippen molar-refractivity contribution in [3.8, 4) is 0 Å². The summed E-state index contributed by atoms with van der Waals surface area (Å²) in [5.41, 5.74) is 3.54. The maximum absolute atomic E-state index is 4.54. The van der Waals surface area contributed by atoms with Crippen LogP contribution in [0.5, 0.6) is 0 Å². The number of unbranched alkanes of at least 4 members (excludes halogenated alkanes) is 3. The lowest BCUT2D eigenvalue weighted by molar-refractivity contribution is 0.295. The van der Waals surface area contributed by atoms with Crippen LogP contribution in [0, 0.1) is 6.92 Å². The zero-order chi connectivity index (χ0) is 16.5.